The quantitative estimate of drug-likeness (QED) is 0.289. The van der Waals surface area contributed by atoms with Crippen LogP contribution in [0.4, 0.5) is 11.4 Å². The number of hydrogen-bond donors (Lipinski definition) is 1. The molecule has 3 heterocycles. The highest BCUT2D eigenvalue weighted by Gasteiger charge is 2.70. The zero-order valence-corrected chi connectivity index (χ0v) is 24.0. The Morgan fingerprint density at radius 1 is 0.791 bits per heavy atom. The Bertz CT molecular complexity index is 1840. The van der Waals surface area contributed by atoms with E-state index in [0.717, 1.165) is 16.8 Å². The average molecular weight is 571 g/mol. The van der Waals surface area contributed by atoms with E-state index in [1.54, 1.807) is 62.8 Å². The molecule has 43 heavy (non-hydrogen) atoms. The summed E-state index contributed by atoms with van der Waals surface area (Å²) in [4.78, 5) is 46.4. The predicted octanol–water partition coefficient (Wildman–Crippen LogP) is 5.95. The first kappa shape index (κ1) is 26.7. The minimum atomic E-state index is -1.38. The summed E-state index contributed by atoms with van der Waals surface area (Å²) in [5.41, 5.74) is 3.50. The summed E-state index contributed by atoms with van der Waals surface area (Å²) in [5.74, 6) is -0.878. The molecule has 0 bridgehead atoms. The zero-order valence-electron chi connectivity index (χ0n) is 24.0. The summed E-state index contributed by atoms with van der Waals surface area (Å²) in [6, 6.07) is 27.6. The molecule has 7 nitrogen and oxygen atoms in total. The molecule has 7 heteroatoms. The van der Waals surface area contributed by atoms with Crippen molar-refractivity contribution in [1.29, 1.82) is 0 Å². The maximum atomic E-state index is 15.0. The number of allylic oxidation sites excluding steroid dienone is 1. The van der Waals surface area contributed by atoms with Crippen molar-refractivity contribution in [2.75, 3.05) is 24.4 Å². The van der Waals surface area contributed by atoms with Crippen LogP contribution in [-0.2, 0) is 10.2 Å². The van der Waals surface area contributed by atoms with Gasteiger partial charge < -0.3 is 19.7 Å². The van der Waals surface area contributed by atoms with Crippen molar-refractivity contribution in [2.24, 2.45) is 5.92 Å². The molecule has 0 aliphatic carbocycles. The number of amides is 1. The van der Waals surface area contributed by atoms with E-state index in [1.807, 2.05) is 60.4 Å². The van der Waals surface area contributed by atoms with Crippen LogP contribution in [0.2, 0.25) is 0 Å². The van der Waals surface area contributed by atoms with Gasteiger partial charge in [-0.2, -0.15) is 0 Å². The second kappa shape index (κ2) is 9.98. The number of nitrogens with zero attached hydrogens (tertiary/aromatic N) is 1. The molecule has 0 aromatic heterocycles. The SMILES string of the molecule is COc1cccc(C(=O)[C@@H]2[C@H](C(=O)c3cccc(OC)c3)[C@]3(C(=O)Nc4ccccc43)[C@H]3C=C(C)c4ccccc4N23)c1. The minimum Gasteiger partial charge on any atom is -0.497 e. The maximum absolute atomic E-state index is 15.0. The Balaban J connectivity index is 1.55. The molecular weight excluding hydrogens is 540 g/mol. The van der Waals surface area contributed by atoms with E-state index in [-0.39, 0.29) is 17.5 Å². The number of benzene rings is 4. The van der Waals surface area contributed by atoms with E-state index < -0.39 is 23.4 Å². The molecular formula is C36H30N2O5. The van der Waals surface area contributed by atoms with Gasteiger partial charge in [-0.15, -0.1) is 0 Å². The zero-order chi connectivity index (χ0) is 29.9. The lowest BCUT2D eigenvalue weighted by molar-refractivity contribution is -0.121. The second-order valence-corrected chi connectivity index (χ2v) is 11.2. The van der Waals surface area contributed by atoms with E-state index >= 15 is 0 Å². The predicted molar refractivity (Wildman–Crippen MR) is 165 cm³/mol. The van der Waals surface area contributed by atoms with E-state index in [0.29, 0.717) is 33.9 Å². The first-order chi connectivity index (χ1) is 20.9. The molecule has 1 fully saturated rings. The third-order valence-electron chi connectivity index (χ3n) is 9.14. The van der Waals surface area contributed by atoms with Crippen LogP contribution in [-0.4, -0.2) is 43.8 Å². The Morgan fingerprint density at radius 3 is 2.12 bits per heavy atom. The van der Waals surface area contributed by atoms with Crippen molar-refractivity contribution in [3.8, 4) is 11.5 Å². The molecule has 4 atom stereocenters. The van der Waals surface area contributed by atoms with Gasteiger partial charge in [-0.05, 0) is 54.5 Å². The highest BCUT2D eigenvalue weighted by atomic mass is 16.5. The van der Waals surface area contributed by atoms with Crippen LogP contribution in [0.5, 0.6) is 11.5 Å². The topological polar surface area (TPSA) is 84.9 Å². The van der Waals surface area contributed by atoms with Gasteiger partial charge in [0.15, 0.2) is 11.6 Å². The fourth-order valence-corrected chi connectivity index (χ4v) is 7.29. The molecule has 7 rings (SSSR count). The van der Waals surface area contributed by atoms with Crippen LogP contribution in [0, 0.1) is 5.92 Å². The van der Waals surface area contributed by atoms with Gasteiger partial charge in [0.1, 0.15) is 23.0 Å². The van der Waals surface area contributed by atoms with Crippen LogP contribution in [0.15, 0.2) is 103 Å². The van der Waals surface area contributed by atoms with Crippen LogP contribution in [0.3, 0.4) is 0 Å². The Labute approximate surface area is 249 Å². The smallest absolute Gasteiger partial charge is 0.238 e. The number of ketones is 2. The first-order valence-corrected chi connectivity index (χ1v) is 14.2. The summed E-state index contributed by atoms with van der Waals surface area (Å²) in [5, 5.41) is 3.08. The summed E-state index contributed by atoms with van der Waals surface area (Å²) < 4.78 is 10.9. The van der Waals surface area contributed by atoms with E-state index in [2.05, 4.69) is 11.4 Å². The van der Waals surface area contributed by atoms with Gasteiger partial charge in [0.2, 0.25) is 5.91 Å². The molecule has 0 radical (unpaired) electrons. The van der Waals surface area contributed by atoms with E-state index in [4.69, 9.17) is 9.47 Å². The number of methoxy groups -OCH3 is 2. The molecule has 214 valence electrons. The number of para-hydroxylation sites is 2. The highest BCUT2D eigenvalue weighted by molar-refractivity contribution is 6.18. The van der Waals surface area contributed by atoms with Crippen LogP contribution in [0.25, 0.3) is 5.57 Å². The van der Waals surface area contributed by atoms with Gasteiger partial charge in [-0.25, -0.2) is 0 Å². The summed E-state index contributed by atoms with van der Waals surface area (Å²) in [7, 11) is 3.09. The van der Waals surface area contributed by atoms with Gasteiger partial charge in [0, 0.05) is 28.1 Å². The van der Waals surface area contributed by atoms with Gasteiger partial charge in [0.25, 0.3) is 0 Å². The molecule has 1 N–H and O–H groups in total. The number of carbonyl (C=O) groups excluding carboxylic acids is 3. The summed E-state index contributed by atoms with van der Waals surface area (Å²) >= 11 is 0. The number of hydrogen-bond acceptors (Lipinski definition) is 6. The molecule has 0 unspecified atom stereocenters. The third kappa shape index (κ3) is 3.77. The molecule has 1 spiro atoms. The number of Topliss-reactive ketones (excluding diaryl/α,β-unsaturated/α-hetero) is 2. The monoisotopic (exact) mass is 570 g/mol. The summed E-state index contributed by atoms with van der Waals surface area (Å²) in [6.07, 6.45) is 2.05. The fraction of sp³-hybridized carbons (Fsp3) is 0.194. The van der Waals surface area contributed by atoms with Crippen molar-refractivity contribution in [3.63, 3.8) is 0 Å². The maximum Gasteiger partial charge on any atom is 0.238 e. The number of rotatable bonds is 6. The molecule has 4 aromatic rings. The van der Waals surface area contributed by atoms with Gasteiger partial charge in [-0.1, -0.05) is 66.7 Å². The van der Waals surface area contributed by atoms with E-state index in [9.17, 15) is 14.4 Å². The van der Waals surface area contributed by atoms with Crippen LogP contribution < -0.4 is 19.7 Å². The molecule has 4 aromatic carbocycles. The van der Waals surface area contributed by atoms with Crippen LogP contribution >= 0.6 is 0 Å². The van der Waals surface area contributed by atoms with Crippen molar-refractivity contribution >= 4 is 34.4 Å². The molecule has 0 saturated carbocycles. The standard InChI is InChI=1S/C36H30N2O5/c1-21-18-30-36(27-15-5-6-16-28(27)37-35(36)41)31(33(39)22-10-8-12-24(19-22)42-2)32(38(30)29-17-7-4-14-26(21)29)34(40)23-11-9-13-25(20-23)43-3/h4-20,30-32H,1-3H3,(H,37,41)/t30-,31-,32+,36-/m1/s1. The lowest BCUT2D eigenvalue weighted by atomic mass is 9.64. The first-order valence-electron chi connectivity index (χ1n) is 14.2. The van der Waals surface area contributed by atoms with Gasteiger partial charge in [0.05, 0.1) is 26.2 Å². The normalized spacial score (nSPS) is 23.1. The second-order valence-electron chi connectivity index (χ2n) is 11.2. The molecule has 1 saturated heterocycles. The molecule has 3 aliphatic rings. The van der Waals surface area contributed by atoms with Crippen molar-refractivity contribution < 1.29 is 23.9 Å². The Hall–Kier alpha value is -5.17. The van der Waals surface area contributed by atoms with Crippen molar-refractivity contribution in [3.05, 3.63) is 125 Å². The Kier molecular flexibility index (Phi) is 6.20. The third-order valence-corrected chi connectivity index (χ3v) is 9.14. The number of fused-ring (bicyclic) bond motifs is 6. The summed E-state index contributed by atoms with van der Waals surface area (Å²) in [6.45, 7) is 2.01. The molecule has 1 amide bonds. The van der Waals surface area contributed by atoms with Crippen molar-refractivity contribution in [1.82, 2.24) is 0 Å². The highest BCUT2D eigenvalue weighted by Crippen LogP contribution is 2.58. The van der Waals surface area contributed by atoms with Gasteiger partial charge >= 0.3 is 0 Å². The largest absolute Gasteiger partial charge is 0.497 e. The van der Waals surface area contributed by atoms with Crippen molar-refractivity contribution in [2.45, 2.75) is 24.4 Å². The van der Waals surface area contributed by atoms with Crippen LogP contribution in [0.1, 0.15) is 38.8 Å². The minimum absolute atomic E-state index is 0.262. The number of anilines is 2. The average Bonchev–Trinajstić information content (AvgIpc) is 3.52. The Morgan fingerprint density at radius 2 is 1.42 bits per heavy atom. The molecule has 3 aliphatic heterocycles. The number of ether oxygens (including phenoxy) is 2. The number of nitrogens with one attached hydrogen (secondary N) is 1. The van der Waals surface area contributed by atoms with Gasteiger partial charge in [-0.3, -0.25) is 14.4 Å². The lowest BCUT2D eigenvalue weighted by Gasteiger charge is -2.39. The van der Waals surface area contributed by atoms with E-state index in [1.165, 1.54) is 0 Å². The fourth-order valence-electron chi connectivity index (χ4n) is 7.29. The number of carbonyl (C=O) groups is 3. The lowest BCUT2D eigenvalue weighted by Crippen LogP contribution is -2.51.